The predicted molar refractivity (Wildman–Crippen MR) is 121 cm³/mol. The van der Waals surface area contributed by atoms with Gasteiger partial charge in [0.15, 0.2) is 5.01 Å². The molecule has 1 saturated carbocycles. The minimum atomic E-state index is -2.78. The monoisotopic (exact) mass is 470 g/mol. The molecule has 3 aromatic heterocycles. The van der Waals surface area contributed by atoms with E-state index in [1.54, 1.807) is 25.1 Å². The Kier molecular flexibility index (Phi) is 6.46. The molecule has 0 spiro atoms. The molecule has 3 aromatic rings. The lowest BCUT2D eigenvalue weighted by Crippen LogP contribution is -2.16. The number of carbonyl (C=O) groups excluding carboxylic acids is 1. The molecule has 8 nitrogen and oxygen atoms in total. The Morgan fingerprint density at radius 2 is 2.00 bits per heavy atom. The molecule has 1 N–H and O–H groups in total. The largest absolute Gasteiger partial charge is 0.494 e. The van der Waals surface area contributed by atoms with Crippen molar-refractivity contribution in [1.29, 1.82) is 0 Å². The van der Waals surface area contributed by atoms with Gasteiger partial charge in [0.2, 0.25) is 5.13 Å². The number of methoxy groups -OCH3 is 1. The lowest BCUT2D eigenvalue weighted by molar-refractivity contribution is 0.102. The third-order valence-electron chi connectivity index (χ3n) is 4.82. The first kappa shape index (κ1) is 22.5. The molecule has 33 heavy (non-hydrogen) atoms. The highest BCUT2D eigenvalue weighted by molar-refractivity contribution is 7.15. The third-order valence-corrected chi connectivity index (χ3v) is 5.57. The van der Waals surface area contributed by atoms with Crippen molar-refractivity contribution >= 4 is 28.2 Å². The molecule has 0 radical (unpaired) electrons. The van der Waals surface area contributed by atoms with E-state index in [1.165, 1.54) is 25.6 Å². The Bertz CT molecular complexity index is 1250. The zero-order valence-electron chi connectivity index (χ0n) is 18.1. The zero-order chi connectivity index (χ0) is 23.5. The fraction of sp³-hybridized carbons (Fsp3) is 0.318. The van der Waals surface area contributed by atoms with Gasteiger partial charge in [-0.15, -0.1) is 10.2 Å². The number of rotatable bonds is 6. The maximum Gasteiger partial charge on any atom is 0.280 e. The van der Waals surface area contributed by atoms with E-state index in [9.17, 15) is 13.6 Å². The van der Waals surface area contributed by atoms with Crippen LogP contribution in [0.15, 0.2) is 24.5 Å². The fourth-order valence-corrected chi connectivity index (χ4v) is 3.52. The highest BCUT2D eigenvalue weighted by atomic mass is 32.1. The van der Waals surface area contributed by atoms with Crippen molar-refractivity contribution in [1.82, 2.24) is 20.2 Å². The molecule has 1 aliphatic rings. The van der Waals surface area contributed by atoms with Crippen molar-refractivity contribution < 1.29 is 18.3 Å². The Labute approximate surface area is 193 Å². The Morgan fingerprint density at radius 1 is 1.21 bits per heavy atom. The van der Waals surface area contributed by atoms with Crippen molar-refractivity contribution in [3.05, 3.63) is 40.8 Å². The second-order valence-electron chi connectivity index (χ2n) is 7.50. The average Bonchev–Trinajstić information content (AvgIpc) is 3.54. The summed E-state index contributed by atoms with van der Waals surface area (Å²) >= 11 is 1.16. The van der Waals surface area contributed by atoms with Gasteiger partial charge in [-0.2, -0.15) is 0 Å². The number of hydrogen-bond donors (Lipinski definition) is 1. The zero-order valence-corrected chi connectivity index (χ0v) is 18.9. The number of pyridine rings is 2. The van der Waals surface area contributed by atoms with Crippen LogP contribution < -0.4 is 15.0 Å². The number of anilines is 2. The van der Waals surface area contributed by atoms with Gasteiger partial charge in [0.05, 0.1) is 18.9 Å². The van der Waals surface area contributed by atoms with E-state index in [1.807, 2.05) is 0 Å². The summed E-state index contributed by atoms with van der Waals surface area (Å²) in [5.74, 6) is 6.74. The van der Waals surface area contributed by atoms with Crippen LogP contribution in [0.25, 0.3) is 11.1 Å². The number of alkyl halides is 2. The van der Waals surface area contributed by atoms with Crippen molar-refractivity contribution in [3.63, 3.8) is 0 Å². The van der Waals surface area contributed by atoms with Crippen LogP contribution in [0, 0.1) is 17.8 Å². The summed E-state index contributed by atoms with van der Waals surface area (Å²) < 4.78 is 32.0. The number of aromatic nitrogens is 4. The minimum Gasteiger partial charge on any atom is -0.494 e. The number of carbonyl (C=O) groups is 1. The van der Waals surface area contributed by atoms with E-state index < -0.39 is 18.0 Å². The first-order valence-electron chi connectivity index (χ1n) is 10.0. The molecule has 0 unspecified atom stereocenters. The Hall–Kier alpha value is -3.65. The minimum absolute atomic E-state index is 0.158. The molecular formula is C22H20F2N6O2S. The Balaban J connectivity index is 1.71. The van der Waals surface area contributed by atoms with E-state index in [0.29, 0.717) is 27.9 Å². The lowest BCUT2D eigenvalue weighted by Gasteiger charge is -2.17. The first-order valence-corrected chi connectivity index (χ1v) is 10.8. The number of amides is 1. The normalized spacial score (nSPS) is 12.8. The second kappa shape index (κ2) is 9.46. The molecular weight excluding hydrogens is 450 g/mol. The van der Waals surface area contributed by atoms with Crippen molar-refractivity contribution in [2.45, 2.75) is 19.3 Å². The SMILES string of the molecule is COc1cnc(C(F)F)cc1-c1cc(N(C)C)ncc1C(=O)Nc1nnc(C#CC2CC2)s1. The molecule has 11 heteroatoms. The highest BCUT2D eigenvalue weighted by Gasteiger charge is 2.22. The van der Waals surface area contributed by atoms with Gasteiger partial charge in [-0.05, 0) is 30.9 Å². The van der Waals surface area contributed by atoms with Gasteiger partial charge in [0.25, 0.3) is 12.3 Å². The number of ether oxygens (including phenoxy) is 1. The summed E-state index contributed by atoms with van der Waals surface area (Å²) in [5.41, 5.74) is 0.395. The second-order valence-corrected chi connectivity index (χ2v) is 8.48. The molecule has 3 heterocycles. The van der Waals surface area contributed by atoms with Gasteiger partial charge in [-0.25, -0.2) is 13.8 Å². The summed E-state index contributed by atoms with van der Waals surface area (Å²) in [7, 11) is 4.97. The molecule has 0 saturated heterocycles. The van der Waals surface area contributed by atoms with E-state index in [0.717, 1.165) is 24.2 Å². The molecule has 0 atom stereocenters. The van der Waals surface area contributed by atoms with Gasteiger partial charge in [0.1, 0.15) is 17.3 Å². The summed E-state index contributed by atoms with van der Waals surface area (Å²) in [4.78, 5) is 22.9. The van der Waals surface area contributed by atoms with Gasteiger partial charge in [-0.3, -0.25) is 15.1 Å². The van der Waals surface area contributed by atoms with Crippen molar-refractivity contribution in [3.8, 4) is 28.7 Å². The topological polar surface area (TPSA) is 93.1 Å². The van der Waals surface area contributed by atoms with E-state index in [4.69, 9.17) is 4.74 Å². The van der Waals surface area contributed by atoms with Crippen LogP contribution in [0.5, 0.6) is 5.75 Å². The van der Waals surface area contributed by atoms with Crippen LogP contribution in [-0.2, 0) is 0 Å². The van der Waals surface area contributed by atoms with Crippen LogP contribution in [0.1, 0.15) is 40.3 Å². The first-order chi connectivity index (χ1) is 15.9. The quantitative estimate of drug-likeness (QED) is 0.544. The fourth-order valence-electron chi connectivity index (χ4n) is 2.92. The van der Waals surface area contributed by atoms with Crippen molar-refractivity contribution in [2.75, 3.05) is 31.4 Å². The number of nitrogens with zero attached hydrogens (tertiary/aromatic N) is 5. The molecule has 1 aliphatic carbocycles. The van der Waals surface area contributed by atoms with E-state index in [2.05, 4.69) is 37.3 Å². The summed E-state index contributed by atoms with van der Waals surface area (Å²) in [6.45, 7) is 0. The van der Waals surface area contributed by atoms with Crippen molar-refractivity contribution in [2.24, 2.45) is 5.92 Å². The van der Waals surface area contributed by atoms with E-state index in [-0.39, 0.29) is 16.4 Å². The molecule has 0 bridgehead atoms. The average molecular weight is 471 g/mol. The standard InChI is InChI=1S/C22H20F2N6O2S/c1-30(2)18-9-13(14-8-16(20(23)24)25-11-17(14)32-3)15(10-26-18)21(31)27-22-29-28-19(33-22)7-6-12-4-5-12/h8-12,20H,4-5H2,1-3H3,(H,27,29,31). The predicted octanol–water partition coefficient (Wildman–Crippen LogP) is 4.02. The number of halogens is 2. The summed E-state index contributed by atoms with van der Waals surface area (Å²) in [6, 6.07) is 2.85. The van der Waals surface area contributed by atoms with Gasteiger partial charge >= 0.3 is 0 Å². The van der Waals surface area contributed by atoms with Crippen LogP contribution in [0.4, 0.5) is 19.7 Å². The van der Waals surface area contributed by atoms with Gasteiger partial charge in [0, 0.05) is 37.3 Å². The lowest BCUT2D eigenvalue weighted by atomic mass is 10.00. The van der Waals surface area contributed by atoms with Crippen LogP contribution >= 0.6 is 11.3 Å². The Morgan fingerprint density at radius 3 is 2.67 bits per heavy atom. The van der Waals surface area contributed by atoms with Gasteiger partial charge < -0.3 is 9.64 Å². The smallest absolute Gasteiger partial charge is 0.280 e. The molecule has 4 rings (SSSR count). The molecule has 170 valence electrons. The summed E-state index contributed by atoms with van der Waals surface area (Å²) in [6.07, 6.45) is 2.01. The third kappa shape index (κ3) is 5.23. The van der Waals surface area contributed by atoms with Gasteiger partial charge in [-0.1, -0.05) is 17.3 Å². The molecule has 1 fully saturated rings. The highest BCUT2D eigenvalue weighted by Crippen LogP contribution is 2.36. The van der Waals surface area contributed by atoms with E-state index >= 15 is 0 Å². The number of hydrogen-bond acceptors (Lipinski definition) is 8. The molecule has 0 aliphatic heterocycles. The molecule has 1 amide bonds. The summed E-state index contributed by atoms with van der Waals surface area (Å²) in [5, 5.41) is 11.4. The number of nitrogens with one attached hydrogen (secondary N) is 1. The maximum atomic E-state index is 13.3. The van der Waals surface area contributed by atoms with Crippen LogP contribution in [0.3, 0.4) is 0 Å². The maximum absolute atomic E-state index is 13.3. The van der Waals surface area contributed by atoms with Crippen LogP contribution in [0.2, 0.25) is 0 Å². The molecule has 0 aromatic carbocycles. The van der Waals surface area contributed by atoms with Crippen LogP contribution in [-0.4, -0.2) is 47.3 Å².